The van der Waals surface area contributed by atoms with E-state index < -0.39 is 7.14 Å². The summed E-state index contributed by atoms with van der Waals surface area (Å²) in [6, 6.07) is 39.5. The maximum Gasteiger partial charge on any atom is 0.172 e. The number of hydrogen-bond donors (Lipinski definition) is 0. The van der Waals surface area contributed by atoms with Crippen LogP contribution in [0.15, 0.2) is 144 Å². The summed E-state index contributed by atoms with van der Waals surface area (Å²) in [5, 5.41) is 4.28. The second-order valence-corrected chi connectivity index (χ2v) is 12.2. The first-order valence-corrected chi connectivity index (χ1v) is 14.5. The minimum Gasteiger partial charge on any atom is -0.455 e. The van der Waals surface area contributed by atoms with Crippen molar-refractivity contribution in [2.24, 2.45) is 0 Å². The van der Waals surface area contributed by atoms with Crippen LogP contribution in [0, 0.1) is 0 Å². The van der Waals surface area contributed by atoms with Crippen molar-refractivity contribution in [3.8, 4) is 22.4 Å². The van der Waals surface area contributed by atoms with Gasteiger partial charge in [-0.25, -0.2) is 0 Å². The van der Waals surface area contributed by atoms with E-state index in [0.717, 1.165) is 54.9 Å². The molecule has 0 fully saturated rings. The average Bonchev–Trinajstić information content (AvgIpc) is 3.40. The highest BCUT2D eigenvalue weighted by Gasteiger charge is 2.30. The van der Waals surface area contributed by atoms with Gasteiger partial charge in [0.2, 0.25) is 0 Å². The lowest BCUT2D eigenvalue weighted by Crippen LogP contribution is -2.25. The van der Waals surface area contributed by atoms with Crippen molar-refractivity contribution in [3.63, 3.8) is 0 Å². The van der Waals surface area contributed by atoms with E-state index in [9.17, 15) is 4.57 Å². The molecule has 4 aromatic carbocycles. The minimum absolute atomic E-state index is 0.683. The van der Waals surface area contributed by atoms with Crippen LogP contribution in [0.1, 0.15) is 0 Å². The number of fused-ring (bicyclic) bond motifs is 3. The summed E-state index contributed by atoms with van der Waals surface area (Å²) in [7, 11) is -3.15. The minimum atomic E-state index is -3.15. The highest BCUT2D eigenvalue weighted by atomic mass is 31.2. The molecule has 0 saturated carbocycles. The van der Waals surface area contributed by atoms with Crippen molar-refractivity contribution in [2.75, 3.05) is 0 Å². The highest BCUT2D eigenvalue weighted by molar-refractivity contribution is 7.85. The van der Waals surface area contributed by atoms with Gasteiger partial charge in [0.25, 0.3) is 0 Å². The van der Waals surface area contributed by atoms with E-state index in [-0.39, 0.29) is 0 Å². The molecule has 0 aliphatic heterocycles. The van der Waals surface area contributed by atoms with Gasteiger partial charge in [-0.2, -0.15) is 0 Å². The Kier molecular flexibility index (Phi) is 5.69. The van der Waals surface area contributed by atoms with E-state index in [2.05, 4.69) is 22.1 Å². The van der Waals surface area contributed by atoms with Crippen molar-refractivity contribution in [2.45, 2.75) is 0 Å². The van der Waals surface area contributed by atoms with Crippen LogP contribution in [0.3, 0.4) is 0 Å². The number of para-hydroxylation sites is 1. The van der Waals surface area contributed by atoms with Gasteiger partial charge in [-0.15, -0.1) is 0 Å². The molecule has 0 bridgehead atoms. The maximum absolute atomic E-state index is 14.9. The predicted molar refractivity (Wildman–Crippen MR) is 160 cm³/mol. The van der Waals surface area contributed by atoms with Crippen molar-refractivity contribution in [1.29, 1.82) is 0 Å². The van der Waals surface area contributed by atoms with Crippen LogP contribution in [0.5, 0.6) is 0 Å². The summed E-state index contributed by atoms with van der Waals surface area (Å²) < 4.78 is 21.3. The Labute approximate surface area is 226 Å². The molecule has 5 heteroatoms. The standard InChI is InChI=1S/C34H23N2O2P/c37-39(26-10-3-1-4-11-26,27-12-5-2-6-13-27)28-20-25(22-35-23-28)29-14-9-15-30-31-21-24(32-16-7-8-19-36-32)17-18-33(31)38-34(29)30/h1-23H. The SMILES string of the molecule is O=P(c1ccccc1)(c1ccccc1)c1cncc(-c2cccc3c2oc2ccc(-c4ccccn4)cc23)c1. The first-order valence-electron chi connectivity index (χ1n) is 12.8. The largest absolute Gasteiger partial charge is 0.455 e. The number of furan rings is 1. The number of hydrogen-bond acceptors (Lipinski definition) is 4. The second kappa shape index (κ2) is 9.50. The van der Waals surface area contributed by atoms with Gasteiger partial charge in [0, 0.05) is 62.0 Å². The van der Waals surface area contributed by atoms with Crippen LogP contribution >= 0.6 is 7.14 Å². The summed E-state index contributed by atoms with van der Waals surface area (Å²) in [5.74, 6) is 0. The zero-order valence-electron chi connectivity index (χ0n) is 20.9. The molecule has 0 amide bonds. The van der Waals surface area contributed by atoms with Crippen LogP contribution in [0.2, 0.25) is 0 Å². The summed E-state index contributed by atoms with van der Waals surface area (Å²) in [6.07, 6.45) is 5.34. The Morgan fingerprint density at radius 1 is 0.590 bits per heavy atom. The van der Waals surface area contributed by atoms with Crippen molar-refractivity contribution < 1.29 is 8.98 Å². The van der Waals surface area contributed by atoms with E-state index >= 15 is 0 Å². The Morgan fingerprint density at radius 3 is 2.05 bits per heavy atom. The molecular formula is C34H23N2O2P. The second-order valence-electron chi connectivity index (χ2n) is 9.42. The lowest BCUT2D eigenvalue weighted by molar-refractivity contribution is 0.592. The van der Waals surface area contributed by atoms with Gasteiger partial charge in [0.1, 0.15) is 11.2 Å². The van der Waals surface area contributed by atoms with Crippen molar-refractivity contribution >= 4 is 45.0 Å². The van der Waals surface area contributed by atoms with Gasteiger partial charge >= 0.3 is 0 Å². The summed E-state index contributed by atoms with van der Waals surface area (Å²) in [4.78, 5) is 9.07. The Balaban J connectivity index is 1.40. The molecule has 7 aromatic rings. The third-order valence-electron chi connectivity index (χ3n) is 7.10. The first kappa shape index (κ1) is 23.3. The van der Waals surface area contributed by atoms with E-state index in [0.29, 0.717) is 5.30 Å². The molecule has 39 heavy (non-hydrogen) atoms. The van der Waals surface area contributed by atoms with E-state index in [1.165, 1.54) is 0 Å². The lowest BCUT2D eigenvalue weighted by atomic mass is 10.0. The smallest absolute Gasteiger partial charge is 0.172 e. The van der Waals surface area contributed by atoms with Gasteiger partial charge in [-0.3, -0.25) is 9.97 Å². The molecule has 0 radical (unpaired) electrons. The van der Waals surface area contributed by atoms with Crippen LogP contribution in [0.25, 0.3) is 44.3 Å². The Hall–Kier alpha value is -4.79. The summed E-state index contributed by atoms with van der Waals surface area (Å²) >= 11 is 0. The van der Waals surface area contributed by atoms with Crippen LogP contribution < -0.4 is 15.9 Å². The van der Waals surface area contributed by atoms with E-state index in [4.69, 9.17) is 4.42 Å². The van der Waals surface area contributed by atoms with Gasteiger partial charge in [0.15, 0.2) is 7.14 Å². The Morgan fingerprint density at radius 2 is 1.33 bits per heavy atom. The van der Waals surface area contributed by atoms with Gasteiger partial charge in [-0.1, -0.05) is 84.9 Å². The quantitative estimate of drug-likeness (QED) is 0.222. The van der Waals surface area contributed by atoms with E-state index in [1.54, 1.807) is 12.4 Å². The molecular weight excluding hydrogens is 499 g/mol. The third-order valence-corrected chi connectivity index (χ3v) is 10.1. The maximum atomic E-state index is 14.9. The summed E-state index contributed by atoms with van der Waals surface area (Å²) in [5.41, 5.74) is 5.30. The number of benzene rings is 4. The van der Waals surface area contributed by atoms with E-state index in [1.807, 2.05) is 115 Å². The fourth-order valence-corrected chi connectivity index (χ4v) is 7.82. The topological polar surface area (TPSA) is 56.0 Å². The lowest BCUT2D eigenvalue weighted by Gasteiger charge is -2.20. The van der Waals surface area contributed by atoms with Crippen molar-refractivity contribution in [1.82, 2.24) is 9.97 Å². The molecule has 0 atom stereocenters. The zero-order chi connectivity index (χ0) is 26.2. The molecule has 3 aromatic heterocycles. The highest BCUT2D eigenvalue weighted by Crippen LogP contribution is 2.43. The zero-order valence-corrected chi connectivity index (χ0v) is 21.8. The van der Waals surface area contributed by atoms with Crippen LogP contribution in [0.4, 0.5) is 0 Å². The average molecular weight is 523 g/mol. The Bertz CT molecular complexity index is 1940. The molecule has 186 valence electrons. The van der Waals surface area contributed by atoms with Gasteiger partial charge in [0.05, 0.1) is 5.69 Å². The molecule has 7 rings (SSSR count). The molecule has 3 heterocycles. The fraction of sp³-hybridized carbons (Fsp3) is 0. The molecule has 0 spiro atoms. The fourth-order valence-electron chi connectivity index (χ4n) is 5.19. The monoisotopic (exact) mass is 522 g/mol. The van der Waals surface area contributed by atoms with Crippen LogP contribution in [-0.4, -0.2) is 9.97 Å². The molecule has 0 N–H and O–H groups in total. The predicted octanol–water partition coefficient (Wildman–Crippen LogP) is 7.35. The number of aromatic nitrogens is 2. The normalized spacial score (nSPS) is 11.7. The number of nitrogens with zero attached hydrogens (tertiary/aromatic N) is 2. The molecule has 4 nitrogen and oxygen atoms in total. The summed E-state index contributed by atoms with van der Waals surface area (Å²) in [6.45, 7) is 0. The number of rotatable bonds is 5. The molecule has 0 unspecified atom stereocenters. The van der Waals surface area contributed by atoms with Crippen LogP contribution in [-0.2, 0) is 4.57 Å². The van der Waals surface area contributed by atoms with Crippen molar-refractivity contribution in [3.05, 3.63) is 140 Å². The molecule has 0 aliphatic carbocycles. The molecule has 0 saturated heterocycles. The van der Waals surface area contributed by atoms with Gasteiger partial charge < -0.3 is 8.98 Å². The first-order chi connectivity index (χ1) is 19.2. The van der Waals surface area contributed by atoms with Gasteiger partial charge in [-0.05, 0) is 36.4 Å². The number of pyridine rings is 2. The third kappa shape index (κ3) is 3.98. The molecule has 0 aliphatic rings.